The van der Waals surface area contributed by atoms with Gasteiger partial charge in [-0.15, -0.1) is 0 Å². The lowest BCUT2D eigenvalue weighted by molar-refractivity contribution is 0.0307. The molecule has 4 heteroatoms. The number of thiocarbonyl (C=S) groups is 1. The molecule has 0 bridgehead atoms. The van der Waals surface area contributed by atoms with Gasteiger partial charge >= 0.3 is 0 Å². The molecule has 14 heavy (non-hydrogen) atoms. The van der Waals surface area contributed by atoms with Gasteiger partial charge in [0.05, 0.1) is 11.1 Å². The molecule has 1 aliphatic heterocycles. The monoisotopic (exact) mass is 216 g/mol. The number of piperidine rings is 1. The fourth-order valence-corrected chi connectivity index (χ4v) is 2.21. The number of rotatable bonds is 4. The van der Waals surface area contributed by atoms with Gasteiger partial charge in [0.15, 0.2) is 0 Å². The molecule has 1 unspecified atom stereocenters. The maximum absolute atomic E-state index is 5.53. The predicted molar refractivity (Wildman–Crippen MR) is 62.5 cm³/mol. The number of nitrogens with two attached hydrogens (primary N) is 1. The molecule has 1 rings (SSSR count). The molecule has 0 aromatic rings. The summed E-state index contributed by atoms with van der Waals surface area (Å²) in [7, 11) is 1.79. The number of likely N-dealkylation sites (tertiary alicyclic amines) is 1. The van der Waals surface area contributed by atoms with E-state index < -0.39 is 0 Å². The van der Waals surface area contributed by atoms with Gasteiger partial charge in [-0.05, 0) is 19.8 Å². The SMILES string of the molecule is COC1CCN(C(C)CC(N)=S)CC1. The first-order chi connectivity index (χ1) is 6.63. The third-order valence-corrected chi connectivity index (χ3v) is 3.10. The van der Waals surface area contributed by atoms with Gasteiger partial charge in [0.25, 0.3) is 0 Å². The van der Waals surface area contributed by atoms with Gasteiger partial charge < -0.3 is 15.4 Å². The van der Waals surface area contributed by atoms with E-state index in [4.69, 9.17) is 22.7 Å². The quantitative estimate of drug-likeness (QED) is 0.716. The molecule has 0 aromatic heterocycles. The Hall–Kier alpha value is -0.190. The molecular formula is C10H20N2OS. The van der Waals surface area contributed by atoms with E-state index in [-0.39, 0.29) is 0 Å². The molecule has 1 atom stereocenters. The highest BCUT2D eigenvalue weighted by molar-refractivity contribution is 7.80. The highest BCUT2D eigenvalue weighted by atomic mass is 32.1. The van der Waals surface area contributed by atoms with Crippen LogP contribution in [0.1, 0.15) is 26.2 Å². The van der Waals surface area contributed by atoms with Crippen molar-refractivity contribution in [3.8, 4) is 0 Å². The zero-order chi connectivity index (χ0) is 10.6. The van der Waals surface area contributed by atoms with Crippen molar-refractivity contribution in [3.05, 3.63) is 0 Å². The van der Waals surface area contributed by atoms with Crippen LogP contribution < -0.4 is 5.73 Å². The Kier molecular flexibility index (Phi) is 4.78. The Morgan fingerprint density at radius 2 is 2.14 bits per heavy atom. The summed E-state index contributed by atoms with van der Waals surface area (Å²) in [5, 5.41) is 0. The molecule has 1 heterocycles. The van der Waals surface area contributed by atoms with Gasteiger partial charge in [-0.2, -0.15) is 0 Å². The molecule has 1 saturated heterocycles. The number of hydrogen-bond acceptors (Lipinski definition) is 3. The second-order valence-corrected chi connectivity index (χ2v) is 4.51. The molecule has 3 nitrogen and oxygen atoms in total. The van der Waals surface area contributed by atoms with Crippen molar-refractivity contribution < 1.29 is 4.74 Å². The number of methoxy groups -OCH3 is 1. The van der Waals surface area contributed by atoms with E-state index in [2.05, 4.69) is 11.8 Å². The van der Waals surface area contributed by atoms with E-state index in [9.17, 15) is 0 Å². The van der Waals surface area contributed by atoms with Gasteiger partial charge in [0, 0.05) is 32.7 Å². The van der Waals surface area contributed by atoms with Gasteiger partial charge in [-0.3, -0.25) is 0 Å². The van der Waals surface area contributed by atoms with Crippen LogP contribution >= 0.6 is 12.2 Å². The Morgan fingerprint density at radius 3 is 2.57 bits per heavy atom. The smallest absolute Gasteiger partial charge is 0.0742 e. The van der Waals surface area contributed by atoms with Crippen LogP contribution in [0.15, 0.2) is 0 Å². The lowest BCUT2D eigenvalue weighted by atomic mass is 10.0. The standard InChI is InChI=1S/C10H20N2OS/c1-8(7-10(11)14)12-5-3-9(13-2)4-6-12/h8-9H,3-7H2,1-2H3,(H2,11,14). The summed E-state index contributed by atoms with van der Waals surface area (Å²) in [6.07, 6.45) is 3.52. The highest BCUT2D eigenvalue weighted by Gasteiger charge is 2.22. The topological polar surface area (TPSA) is 38.5 Å². The molecule has 0 radical (unpaired) electrons. The molecule has 0 saturated carbocycles. The fourth-order valence-electron chi connectivity index (χ4n) is 1.97. The van der Waals surface area contributed by atoms with Gasteiger partial charge in [-0.25, -0.2) is 0 Å². The minimum Gasteiger partial charge on any atom is -0.393 e. The summed E-state index contributed by atoms with van der Waals surface area (Å²) in [5.74, 6) is 0. The molecule has 2 N–H and O–H groups in total. The molecular weight excluding hydrogens is 196 g/mol. The second-order valence-electron chi connectivity index (χ2n) is 3.99. The lowest BCUT2D eigenvalue weighted by Gasteiger charge is -2.35. The largest absolute Gasteiger partial charge is 0.393 e. The summed E-state index contributed by atoms with van der Waals surface area (Å²) in [4.78, 5) is 3.06. The molecule has 0 aliphatic carbocycles. The van der Waals surface area contributed by atoms with Crippen LogP contribution in [0.2, 0.25) is 0 Å². The molecule has 0 aromatic carbocycles. The first-order valence-corrected chi connectivity index (χ1v) is 5.59. The van der Waals surface area contributed by atoms with Crippen LogP contribution in [0.4, 0.5) is 0 Å². The van der Waals surface area contributed by atoms with Gasteiger partial charge in [0.2, 0.25) is 0 Å². The minimum atomic E-state index is 0.447. The maximum atomic E-state index is 5.53. The maximum Gasteiger partial charge on any atom is 0.0742 e. The number of nitrogens with zero attached hydrogens (tertiary/aromatic N) is 1. The first kappa shape index (κ1) is 11.9. The van der Waals surface area contributed by atoms with Gasteiger partial charge in [-0.1, -0.05) is 12.2 Å². The predicted octanol–water partition coefficient (Wildman–Crippen LogP) is 1.16. The zero-order valence-electron chi connectivity index (χ0n) is 9.03. The summed E-state index contributed by atoms with van der Waals surface area (Å²) in [6, 6.07) is 0.477. The van der Waals surface area contributed by atoms with Crippen LogP contribution in [0.25, 0.3) is 0 Å². The van der Waals surface area contributed by atoms with Crippen LogP contribution in [0.5, 0.6) is 0 Å². The Bertz CT molecular complexity index is 191. The average molecular weight is 216 g/mol. The van der Waals surface area contributed by atoms with Crippen molar-refractivity contribution >= 4 is 17.2 Å². The number of hydrogen-bond donors (Lipinski definition) is 1. The summed E-state index contributed by atoms with van der Waals surface area (Å²) in [5.41, 5.74) is 5.53. The molecule has 1 aliphatic rings. The van der Waals surface area contributed by atoms with Crippen LogP contribution in [0, 0.1) is 0 Å². The highest BCUT2D eigenvalue weighted by Crippen LogP contribution is 2.16. The van der Waals surface area contributed by atoms with Crippen molar-refractivity contribution in [2.24, 2.45) is 5.73 Å². The van der Waals surface area contributed by atoms with E-state index in [0.29, 0.717) is 17.1 Å². The third kappa shape index (κ3) is 3.52. The van der Waals surface area contributed by atoms with E-state index in [1.807, 2.05) is 0 Å². The summed E-state index contributed by atoms with van der Waals surface area (Å²) in [6.45, 7) is 4.39. The Balaban J connectivity index is 2.30. The third-order valence-electron chi connectivity index (χ3n) is 2.93. The fraction of sp³-hybridized carbons (Fsp3) is 0.900. The lowest BCUT2D eigenvalue weighted by Crippen LogP contribution is -2.43. The van der Waals surface area contributed by atoms with Crippen molar-refractivity contribution in [2.75, 3.05) is 20.2 Å². The van der Waals surface area contributed by atoms with Gasteiger partial charge in [0.1, 0.15) is 0 Å². The summed E-state index contributed by atoms with van der Waals surface area (Å²) >= 11 is 4.91. The molecule has 0 amide bonds. The van der Waals surface area contributed by atoms with Crippen LogP contribution in [0.3, 0.4) is 0 Å². The first-order valence-electron chi connectivity index (χ1n) is 5.18. The van der Waals surface area contributed by atoms with Crippen LogP contribution in [-0.2, 0) is 4.74 Å². The Morgan fingerprint density at radius 1 is 1.57 bits per heavy atom. The van der Waals surface area contributed by atoms with E-state index in [1.54, 1.807) is 7.11 Å². The normalized spacial score (nSPS) is 22.1. The van der Waals surface area contributed by atoms with E-state index in [1.165, 1.54) is 0 Å². The van der Waals surface area contributed by atoms with Crippen LogP contribution in [-0.4, -0.2) is 42.2 Å². The Labute approximate surface area is 91.6 Å². The molecule has 82 valence electrons. The molecule has 1 fully saturated rings. The molecule has 0 spiro atoms. The van der Waals surface area contributed by atoms with E-state index in [0.717, 1.165) is 32.4 Å². The average Bonchev–Trinajstić information content (AvgIpc) is 2.17. The number of ether oxygens (including phenoxy) is 1. The van der Waals surface area contributed by atoms with Crippen molar-refractivity contribution in [2.45, 2.75) is 38.3 Å². The van der Waals surface area contributed by atoms with E-state index >= 15 is 0 Å². The zero-order valence-corrected chi connectivity index (χ0v) is 9.85. The summed E-state index contributed by atoms with van der Waals surface area (Å²) < 4.78 is 5.32. The minimum absolute atomic E-state index is 0.447. The van der Waals surface area contributed by atoms with Crippen molar-refractivity contribution in [1.82, 2.24) is 4.90 Å². The van der Waals surface area contributed by atoms with Crippen molar-refractivity contribution in [3.63, 3.8) is 0 Å². The second kappa shape index (κ2) is 5.63. The van der Waals surface area contributed by atoms with Crippen molar-refractivity contribution in [1.29, 1.82) is 0 Å².